The van der Waals surface area contributed by atoms with Crippen molar-refractivity contribution in [2.45, 2.75) is 35.9 Å². The maximum absolute atomic E-state index is 14.0. The molecule has 4 aromatic rings. The first kappa shape index (κ1) is 21.7. The molecule has 0 unspecified atom stereocenters. The van der Waals surface area contributed by atoms with E-state index in [2.05, 4.69) is 41.5 Å². The lowest BCUT2D eigenvalue weighted by atomic mass is 10.0. The van der Waals surface area contributed by atoms with Crippen molar-refractivity contribution in [2.75, 3.05) is 4.90 Å². The van der Waals surface area contributed by atoms with E-state index in [0.29, 0.717) is 10.7 Å². The van der Waals surface area contributed by atoms with Crippen LogP contribution in [-0.2, 0) is 0 Å². The van der Waals surface area contributed by atoms with Gasteiger partial charge in [0, 0.05) is 16.8 Å². The van der Waals surface area contributed by atoms with Crippen LogP contribution in [0, 0.1) is 19.7 Å². The molecule has 0 bridgehead atoms. The molecule has 7 heteroatoms. The fraction of sp³-hybridized carbons (Fsp3) is 0.154. The summed E-state index contributed by atoms with van der Waals surface area (Å²) in [7, 11) is 0. The molecule has 1 aliphatic rings. The zero-order chi connectivity index (χ0) is 22.9. The lowest BCUT2D eigenvalue weighted by Gasteiger charge is -2.26. The number of aryl methyl sites for hydroxylation is 2. The lowest BCUT2D eigenvalue weighted by molar-refractivity contribution is 0.383. The first-order valence-electron chi connectivity index (χ1n) is 10.6. The molecule has 1 fully saturated rings. The van der Waals surface area contributed by atoms with Crippen molar-refractivity contribution in [2.24, 2.45) is 0 Å². The Labute approximate surface area is 201 Å². The van der Waals surface area contributed by atoms with Crippen molar-refractivity contribution in [3.05, 3.63) is 107 Å². The van der Waals surface area contributed by atoms with Gasteiger partial charge in [0.2, 0.25) is 0 Å². The van der Waals surface area contributed by atoms with Crippen LogP contribution in [0.3, 0.4) is 0 Å². The molecule has 4 nitrogen and oxygen atoms in total. The molecule has 1 saturated heterocycles. The highest BCUT2D eigenvalue weighted by molar-refractivity contribution is 7.99. The van der Waals surface area contributed by atoms with E-state index in [1.54, 1.807) is 30.9 Å². The Bertz CT molecular complexity index is 1290. The molecule has 2 aromatic heterocycles. The molecular formula is C26H22FN3OS2. The summed E-state index contributed by atoms with van der Waals surface area (Å²) in [4.78, 5) is 7.65. The second-order valence-corrected chi connectivity index (χ2v) is 9.47. The third kappa shape index (κ3) is 4.38. The molecule has 3 heterocycles. The lowest BCUT2D eigenvalue weighted by Crippen LogP contribution is -2.29. The van der Waals surface area contributed by atoms with Gasteiger partial charge >= 0.3 is 0 Å². The van der Waals surface area contributed by atoms with Gasteiger partial charge in [-0.1, -0.05) is 35.5 Å². The summed E-state index contributed by atoms with van der Waals surface area (Å²) in [5, 5.41) is 4.74. The fourth-order valence-corrected chi connectivity index (χ4v) is 5.10. The van der Waals surface area contributed by atoms with Crippen LogP contribution < -0.4 is 10.2 Å². The molecule has 0 spiro atoms. The standard InChI is InChI=1S/C26H22FN3OS2/c1-16-6-9-19(10-7-16)33-23-13-12-22(31-23)25-24(21-5-3-4-14-28-21)29-26(32)30(25)18-8-11-20(27)17(2)15-18/h3-15,24-25H,1-2H3,(H,29,32)/t24-,25+/m0/s1. The number of hydrogen-bond acceptors (Lipinski definition) is 4. The van der Waals surface area contributed by atoms with Crippen molar-refractivity contribution in [1.82, 2.24) is 10.3 Å². The maximum atomic E-state index is 14.0. The normalized spacial score (nSPS) is 17.9. The van der Waals surface area contributed by atoms with E-state index >= 15 is 0 Å². The molecule has 166 valence electrons. The van der Waals surface area contributed by atoms with Gasteiger partial charge in [-0.25, -0.2) is 4.39 Å². The monoisotopic (exact) mass is 475 g/mol. The Kier molecular flexibility index (Phi) is 5.91. The van der Waals surface area contributed by atoms with E-state index in [0.717, 1.165) is 27.1 Å². The van der Waals surface area contributed by atoms with Crippen LogP contribution in [0.2, 0.25) is 0 Å². The number of furan rings is 1. The van der Waals surface area contributed by atoms with Crippen LogP contribution in [0.5, 0.6) is 0 Å². The van der Waals surface area contributed by atoms with Crippen molar-refractivity contribution in [3.63, 3.8) is 0 Å². The van der Waals surface area contributed by atoms with Crippen molar-refractivity contribution in [3.8, 4) is 0 Å². The van der Waals surface area contributed by atoms with E-state index in [-0.39, 0.29) is 17.9 Å². The van der Waals surface area contributed by atoms with Crippen molar-refractivity contribution >= 4 is 34.8 Å². The summed E-state index contributed by atoms with van der Waals surface area (Å²) in [6, 6.07) is 22.6. The minimum atomic E-state index is -0.273. The van der Waals surface area contributed by atoms with Gasteiger partial charge < -0.3 is 14.6 Å². The number of nitrogens with zero attached hydrogens (tertiary/aromatic N) is 2. The number of halogens is 1. The fourth-order valence-electron chi connectivity index (χ4n) is 3.97. The molecule has 33 heavy (non-hydrogen) atoms. The number of benzene rings is 2. The van der Waals surface area contributed by atoms with E-state index in [9.17, 15) is 4.39 Å². The predicted octanol–water partition coefficient (Wildman–Crippen LogP) is 6.76. The summed E-state index contributed by atoms with van der Waals surface area (Å²) >= 11 is 7.29. The van der Waals surface area contributed by atoms with E-state index in [1.807, 2.05) is 41.3 Å². The minimum Gasteiger partial charge on any atom is -0.452 e. The Morgan fingerprint density at radius 2 is 1.85 bits per heavy atom. The molecule has 1 N–H and O–H groups in total. The third-order valence-corrected chi connectivity index (χ3v) is 6.89. The van der Waals surface area contributed by atoms with Gasteiger partial charge in [-0.2, -0.15) is 0 Å². The topological polar surface area (TPSA) is 41.3 Å². The molecule has 5 rings (SSSR count). The van der Waals surface area contributed by atoms with Crippen LogP contribution in [0.4, 0.5) is 10.1 Å². The summed E-state index contributed by atoms with van der Waals surface area (Å²) in [6.45, 7) is 3.82. The quantitative estimate of drug-likeness (QED) is 0.322. The molecule has 0 aliphatic carbocycles. The summed E-state index contributed by atoms with van der Waals surface area (Å²) < 4.78 is 20.3. The Morgan fingerprint density at radius 1 is 1.03 bits per heavy atom. The zero-order valence-electron chi connectivity index (χ0n) is 18.2. The number of anilines is 1. The van der Waals surface area contributed by atoms with Gasteiger partial charge in [0.15, 0.2) is 10.2 Å². The highest BCUT2D eigenvalue weighted by atomic mass is 32.2. The first-order chi connectivity index (χ1) is 16.0. The van der Waals surface area contributed by atoms with Gasteiger partial charge in [0.25, 0.3) is 0 Å². The molecule has 1 aliphatic heterocycles. The first-order valence-corrected chi connectivity index (χ1v) is 11.8. The average Bonchev–Trinajstić information content (AvgIpc) is 3.42. The third-order valence-electron chi connectivity index (χ3n) is 5.65. The SMILES string of the molecule is Cc1ccc(Sc2ccc([C@@H]3[C@H](c4ccccn4)NC(=S)N3c3ccc(F)c(C)c3)o2)cc1. The van der Waals surface area contributed by atoms with E-state index in [4.69, 9.17) is 16.6 Å². The van der Waals surface area contributed by atoms with Crippen LogP contribution >= 0.6 is 24.0 Å². The van der Waals surface area contributed by atoms with Gasteiger partial charge in [0.05, 0.1) is 11.7 Å². The number of pyridine rings is 1. The molecular weight excluding hydrogens is 453 g/mol. The minimum absolute atomic E-state index is 0.215. The highest BCUT2D eigenvalue weighted by Gasteiger charge is 2.42. The van der Waals surface area contributed by atoms with Gasteiger partial charge in [0.1, 0.15) is 17.6 Å². The zero-order valence-corrected chi connectivity index (χ0v) is 19.8. The molecule has 0 radical (unpaired) electrons. The highest BCUT2D eigenvalue weighted by Crippen LogP contribution is 2.43. The number of hydrogen-bond donors (Lipinski definition) is 1. The van der Waals surface area contributed by atoms with Gasteiger partial charge in [-0.3, -0.25) is 4.98 Å². The van der Waals surface area contributed by atoms with Crippen molar-refractivity contribution in [1.29, 1.82) is 0 Å². The van der Waals surface area contributed by atoms with Crippen LogP contribution in [0.15, 0.2) is 93.4 Å². The Hall–Kier alpha value is -3.16. The summed E-state index contributed by atoms with van der Waals surface area (Å²) in [5.74, 6) is 0.513. The van der Waals surface area contributed by atoms with E-state index < -0.39 is 0 Å². The number of thiocarbonyl (C=S) groups is 1. The second-order valence-electron chi connectivity index (χ2n) is 8.00. The number of nitrogens with one attached hydrogen (secondary N) is 1. The smallest absolute Gasteiger partial charge is 0.174 e. The molecule has 2 atom stereocenters. The summed E-state index contributed by atoms with van der Waals surface area (Å²) in [6.07, 6.45) is 1.77. The van der Waals surface area contributed by atoms with Crippen LogP contribution in [-0.4, -0.2) is 10.1 Å². The van der Waals surface area contributed by atoms with E-state index in [1.165, 1.54) is 11.6 Å². The summed E-state index contributed by atoms with van der Waals surface area (Å²) in [5.41, 5.74) is 3.44. The van der Waals surface area contributed by atoms with Crippen LogP contribution in [0.1, 0.15) is 34.7 Å². The second kappa shape index (κ2) is 9.00. The Morgan fingerprint density at radius 3 is 2.58 bits per heavy atom. The molecule has 2 aromatic carbocycles. The van der Waals surface area contributed by atoms with Crippen LogP contribution in [0.25, 0.3) is 0 Å². The van der Waals surface area contributed by atoms with Crippen molar-refractivity contribution < 1.29 is 8.81 Å². The Balaban J connectivity index is 1.53. The number of aromatic nitrogens is 1. The number of rotatable bonds is 5. The molecule has 0 amide bonds. The predicted molar refractivity (Wildman–Crippen MR) is 133 cm³/mol. The maximum Gasteiger partial charge on any atom is 0.174 e. The van der Waals surface area contributed by atoms with Gasteiger partial charge in [-0.15, -0.1) is 0 Å². The average molecular weight is 476 g/mol. The molecule has 0 saturated carbocycles. The van der Waals surface area contributed by atoms with Gasteiger partial charge in [-0.05, 0) is 86.2 Å². The largest absolute Gasteiger partial charge is 0.452 e.